The summed E-state index contributed by atoms with van der Waals surface area (Å²) in [7, 11) is 0. The maximum atomic E-state index is 13.2. The van der Waals surface area contributed by atoms with Crippen molar-refractivity contribution in [1.82, 2.24) is 9.80 Å². The van der Waals surface area contributed by atoms with Gasteiger partial charge in [0.1, 0.15) is 0 Å². The molecule has 1 saturated heterocycles. The normalized spacial score (nSPS) is 16.9. The molecule has 27 heavy (non-hydrogen) atoms. The van der Waals surface area contributed by atoms with Crippen LogP contribution in [-0.4, -0.2) is 60.1 Å². The molecular formula is C17H18F6N2O2. The summed E-state index contributed by atoms with van der Waals surface area (Å²) in [4.78, 5) is 15.5. The number of hydrogen-bond acceptors (Lipinski definition) is 3. The van der Waals surface area contributed by atoms with Gasteiger partial charge in [-0.05, 0) is 17.7 Å². The maximum Gasteiger partial charge on any atom is 0.417 e. The Morgan fingerprint density at radius 2 is 1.67 bits per heavy atom. The second-order valence-corrected chi connectivity index (χ2v) is 5.99. The summed E-state index contributed by atoms with van der Waals surface area (Å²) >= 11 is 0. The lowest BCUT2D eigenvalue weighted by molar-refractivity contribution is -0.162. The summed E-state index contributed by atoms with van der Waals surface area (Å²) in [5, 5.41) is 8.87. The van der Waals surface area contributed by atoms with Crippen LogP contribution in [0.25, 0.3) is 6.08 Å². The molecule has 1 heterocycles. The van der Waals surface area contributed by atoms with Crippen LogP contribution in [0.1, 0.15) is 16.7 Å². The summed E-state index contributed by atoms with van der Waals surface area (Å²) < 4.78 is 78.3. The van der Waals surface area contributed by atoms with Crippen molar-refractivity contribution in [2.45, 2.75) is 12.4 Å². The van der Waals surface area contributed by atoms with Crippen LogP contribution in [0.2, 0.25) is 0 Å². The SMILES string of the molecule is O=C(/C=C/c1cccc(C(F)(F)F)c1C(F)(F)F)N1CCN(CCO)CC1. The van der Waals surface area contributed by atoms with Gasteiger partial charge in [-0.15, -0.1) is 0 Å². The van der Waals surface area contributed by atoms with Crippen LogP contribution < -0.4 is 0 Å². The van der Waals surface area contributed by atoms with Crippen molar-refractivity contribution >= 4 is 12.0 Å². The average molecular weight is 396 g/mol. The number of β-amino-alcohol motifs (C(OH)–C–C–N with tert-alkyl or cyclic N) is 1. The Hall–Kier alpha value is -2.07. The molecule has 0 aromatic heterocycles. The maximum absolute atomic E-state index is 13.2. The van der Waals surface area contributed by atoms with Crippen LogP contribution in [-0.2, 0) is 17.1 Å². The van der Waals surface area contributed by atoms with Gasteiger partial charge in [0.15, 0.2) is 0 Å². The third kappa shape index (κ3) is 5.46. The highest BCUT2D eigenvalue weighted by Gasteiger charge is 2.44. The van der Waals surface area contributed by atoms with Gasteiger partial charge in [0, 0.05) is 38.8 Å². The minimum Gasteiger partial charge on any atom is -0.395 e. The average Bonchev–Trinajstić information content (AvgIpc) is 2.58. The zero-order valence-corrected chi connectivity index (χ0v) is 14.1. The van der Waals surface area contributed by atoms with Crippen molar-refractivity contribution in [3.05, 3.63) is 41.0 Å². The first-order valence-electron chi connectivity index (χ1n) is 8.11. The van der Waals surface area contributed by atoms with Crippen molar-refractivity contribution < 1.29 is 36.2 Å². The molecule has 0 unspecified atom stereocenters. The van der Waals surface area contributed by atoms with E-state index in [1.807, 2.05) is 4.90 Å². The van der Waals surface area contributed by atoms with Gasteiger partial charge in [0.05, 0.1) is 17.7 Å². The lowest BCUT2D eigenvalue weighted by Crippen LogP contribution is -2.48. The zero-order chi connectivity index (χ0) is 20.2. The first-order chi connectivity index (χ1) is 12.5. The van der Waals surface area contributed by atoms with Crippen molar-refractivity contribution in [1.29, 1.82) is 0 Å². The number of rotatable bonds is 4. The first-order valence-corrected chi connectivity index (χ1v) is 8.11. The minimum absolute atomic E-state index is 0.0242. The van der Waals surface area contributed by atoms with E-state index in [4.69, 9.17) is 5.11 Å². The summed E-state index contributed by atoms with van der Waals surface area (Å²) in [6.07, 6.45) is -8.76. The number of alkyl halides is 6. The van der Waals surface area contributed by atoms with Crippen molar-refractivity contribution in [2.75, 3.05) is 39.3 Å². The van der Waals surface area contributed by atoms with Gasteiger partial charge in [-0.3, -0.25) is 9.69 Å². The molecule has 0 atom stereocenters. The quantitative estimate of drug-likeness (QED) is 0.629. The molecule has 1 fully saturated rings. The third-order valence-electron chi connectivity index (χ3n) is 4.19. The van der Waals surface area contributed by atoms with E-state index in [9.17, 15) is 31.1 Å². The molecule has 0 saturated carbocycles. The predicted molar refractivity (Wildman–Crippen MR) is 85.6 cm³/mol. The number of aliphatic hydroxyl groups excluding tert-OH is 1. The Balaban J connectivity index is 2.21. The molecule has 1 amide bonds. The second kappa shape index (κ2) is 8.30. The van der Waals surface area contributed by atoms with E-state index in [0.717, 1.165) is 24.3 Å². The smallest absolute Gasteiger partial charge is 0.395 e. The lowest BCUT2D eigenvalue weighted by Gasteiger charge is -2.33. The van der Waals surface area contributed by atoms with Crippen molar-refractivity contribution in [2.24, 2.45) is 0 Å². The second-order valence-electron chi connectivity index (χ2n) is 5.99. The molecule has 4 nitrogen and oxygen atoms in total. The molecule has 1 aromatic carbocycles. The van der Waals surface area contributed by atoms with Gasteiger partial charge in [-0.25, -0.2) is 0 Å². The number of carbonyl (C=O) groups excluding carboxylic acids is 1. The Morgan fingerprint density at radius 1 is 1.04 bits per heavy atom. The first kappa shape index (κ1) is 21.2. The van der Waals surface area contributed by atoms with Gasteiger partial charge in [-0.2, -0.15) is 26.3 Å². The number of nitrogens with zero attached hydrogens (tertiary/aromatic N) is 2. The molecule has 10 heteroatoms. The van der Waals surface area contributed by atoms with Gasteiger partial charge >= 0.3 is 12.4 Å². The van der Waals surface area contributed by atoms with E-state index in [1.165, 1.54) is 4.90 Å². The standard InChI is InChI=1S/C17H18F6N2O2/c18-16(19,20)13-3-1-2-12(15(13)17(21,22)23)4-5-14(27)25-8-6-24(7-9-25)10-11-26/h1-5,26H,6-11H2/b5-4+. The van der Waals surface area contributed by atoms with Crippen LogP contribution in [0.5, 0.6) is 0 Å². The zero-order valence-electron chi connectivity index (χ0n) is 14.1. The molecule has 1 aromatic rings. The molecule has 1 N–H and O–H groups in total. The van der Waals surface area contributed by atoms with Crippen LogP contribution in [0.4, 0.5) is 26.3 Å². The number of halogens is 6. The molecular weight excluding hydrogens is 378 g/mol. The summed E-state index contributed by atoms with van der Waals surface area (Å²) in [6.45, 7) is 2.06. The van der Waals surface area contributed by atoms with Gasteiger partial charge < -0.3 is 10.0 Å². The summed E-state index contributed by atoms with van der Waals surface area (Å²) in [5.41, 5.74) is -4.32. The Kier molecular flexibility index (Phi) is 6.53. The monoisotopic (exact) mass is 396 g/mol. The highest BCUT2D eigenvalue weighted by Crippen LogP contribution is 2.42. The fraction of sp³-hybridized carbons (Fsp3) is 0.471. The van der Waals surface area contributed by atoms with Crippen molar-refractivity contribution in [3.8, 4) is 0 Å². The molecule has 1 aliphatic rings. The molecule has 0 aliphatic carbocycles. The number of amides is 1. The number of hydrogen-bond donors (Lipinski definition) is 1. The van der Waals surface area contributed by atoms with Crippen LogP contribution in [0.3, 0.4) is 0 Å². The third-order valence-corrected chi connectivity index (χ3v) is 4.19. The van der Waals surface area contributed by atoms with E-state index < -0.39 is 35.0 Å². The van der Waals surface area contributed by atoms with E-state index in [0.29, 0.717) is 38.8 Å². The van der Waals surface area contributed by atoms with Gasteiger partial charge in [0.25, 0.3) is 0 Å². The van der Waals surface area contributed by atoms with Crippen LogP contribution in [0.15, 0.2) is 24.3 Å². The van der Waals surface area contributed by atoms with E-state index in [-0.39, 0.29) is 6.61 Å². The lowest BCUT2D eigenvalue weighted by atomic mass is 9.99. The predicted octanol–water partition coefficient (Wildman–Crippen LogP) is 2.87. The largest absolute Gasteiger partial charge is 0.417 e. The fourth-order valence-corrected chi connectivity index (χ4v) is 2.86. The Morgan fingerprint density at radius 3 is 2.19 bits per heavy atom. The molecule has 150 valence electrons. The minimum atomic E-state index is -5.22. The summed E-state index contributed by atoms with van der Waals surface area (Å²) in [6, 6.07) is 2.12. The van der Waals surface area contributed by atoms with Crippen molar-refractivity contribution in [3.63, 3.8) is 0 Å². The number of piperazine rings is 1. The number of benzene rings is 1. The van der Waals surface area contributed by atoms with E-state index in [1.54, 1.807) is 0 Å². The van der Waals surface area contributed by atoms with E-state index >= 15 is 0 Å². The molecule has 2 rings (SSSR count). The fourth-order valence-electron chi connectivity index (χ4n) is 2.86. The highest BCUT2D eigenvalue weighted by molar-refractivity contribution is 5.92. The molecule has 0 bridgehead atoms. The van der Waals surface area contributed by atoms with E-state index in [2.05, 4.69) is 0 Å². The Bertz CT molecular complexity index is 692. The van der Waals surface area contributed by atoms with Crippen LogP contribution >= 0.6 is 0 Å². The van der Waals surface area contributed by atoms with Crippen LogP contribution in [0, 0.1) is 0 Å². The van der Waals surface area contributed by atoms with Gasteiger partial charge in [-0.1, -0.05) is 12.1 Å². The molecule has 1 aliphatic heterocycles. The number of aliphatic hydroxyl groups is 1. The topological polar surface area (TPSA) is 43.8 Å². The molecule has 0 spiro atoms. The Labute approximate surface area is 151 Å². The highest BCUT2D eigenvalue weighted by atomic mass is 19.4. The van der Waals surface area contributed by atoms with Gasteiger partial charge in [0.2, 0.25) is 5.91 Å². The molecule has 0 radical (unpaired) electrons. The number of carbonyl (C=O) groups is 1. The summed E-state index contributed by atoms with van der Waals surface area (Å²) in [5.74, 6) is -0.579.